The summed E-state index contributed by atoms with van der Waals surface area (Å²) in [5.74, 6) is 1.34. The molecule has 0 saturated heterocycles. The fraction of sp³-hybridized carbons (Fsp3) is 0.241. The van der Waals surface area contributed by atoms with E-state index in [1.165, 1.54) is 17.8 Å². The Bertz CT molecular complexity index is 1460. The van der Waals surface area contributed by atoms with E-state index in [1.807, 2.05) is 24.3 Å². The molecule has 1 N–H and O–H groups in total. The molecule has 0 unspecified atom stereocenters. The van der Waals surface area contributed by atoms with E-state index in [4.69, 9.17) is 4.74 Å². The fourth-order valence-corrected chi connectivity index (χ4v) is 4.63. The molecule has 0 aromatic heterocycles. The van der Waals surface area contributed by atoms with E-state index in [0.29, 0.717) is 17.1 Å². The predicted octanol–water partition coefficient (Wildman–Crippen LogP) is 8.16. The Morgan fingerprint density at radius 1 is 0.973 bits per heavy atom. The molecule has 0 saturated carbocycles. The van der Waals surface area contributed by atoms with Gasteiger partial charge in [-0.1, -0.05) is 12.1 Å². The first-order valence-electron chi connectivity index (χ1n) is 12.6. The zero-order valence-electron chi connectivity index (χ0n) is 21.0. The summed E-state index contributed by atoms with van der Waals surface area (Å²) in [4.78, 5) is 12.8. The van der Waals surface area contributed by atoms with E-state index in [-0.39, 0.29) is 5.69 Å². The summed E-state index contributed by atoms with van der Waals surface area (Å²) in [5.41, 5.74) is 4.55. The molecule has 1 heterocycles. The highest BCUT2D eigenvalue weighted by Crippen LogP contribution is 2.41. The van der Waals surface area contributed by atoms with Gasteiger partial charge >= 0.3 is 0 Å². The van der Waals surface area contributed by atoms with Crippen LogP contribution in [0.15, 0.2) is 83.0 Å². The van der Waals surface area contributed by atoms with Gasteiger partial charge in [-0.15, -0.1) is 5.11 Å². The van der Waals surface area contributed by atoms with Crippen LogP contribution in [0.3, 0.4) is 0 Å². The topological polar surface area (TPSA) is 92.4 Å². The average Bonchev–Trinajstić information content (AvgIpc) is 2.93. The van der Waals surface area contributed by atoms with E-state index in [9.17, 15) is 10.1 Å². The third kappa shape index (κ3) is 5.23. The zero-order chi connectivity index (χ0) is 25.8. The van der Waals surface area contributed by atoms with Gasteiger partial charge in [0.05, 0.1) is 10.6 Å². The lowest BCUT2D eigenvalue weighted by molar-refractivity contribution is -0.384. The highest BCUT2D eigenvalue weighted by molar-refractivity contribution is 5.91. The molecule has 0 atom stereocenters. The van der Waals surface area contributed by atoms with Crippen LogP contribution in [-0.2, 0) is 6.42 Å². The van der Waals surface area contributed by atoms with E-state index in [0.717, 1.165) is 60.2 Å². The Kier molecular flexibility index (Phi) is 6.98. The maximum Gasteiger partial charge on any atom is 0.269 e. The maximum atomic E-state index is 10.9. The van der Waals surface area contributed by atoms with Gasteiger partial charge in [-0.25, -0.2) is 0 Å². The third-order valence-electron chi connectivity index (χ3n) is 6.63. The van der Waals surface area contributed by atoms with Crippen molar-refractivity contribution in [3.8, 4) is 11.5 Å². The van der Waals surface area contributed by atoms with Gasteiger partial charge in [0.1, 0.15) is 11.4 Å². The normalized spacial score (nSPS) is 12.8. The van der Waals surface area contributed by atoms with Gasteiger partial charge < -0.3 is 15.0 Å². The molecule has 8 heteroatoms. The number of non-ortho nitro benzene ring substituents is 1. The van der Waals surface area contributed by atoms with Crippen LogP contribution in [0.5, 0.6) is 11.5 Å². The van der Waals surface area contributed by atoms with Crippen molar-refractivity contribution in [1.82, 2.24) is 0 Å². The number of hydrogen-bond acceptors (Lipinski definition) is 7. The first-order valence-corrected chi connectivity index (χ1v) is 12.6. The lowest BCUT2D eigenvalue weighted by Crippen LogP contribution is -2.21. The van der Waals surface area contributed by atoms with Crippen LogP contribution in [0.1, 0.15) is 25.8 Å². The van der Waals surface area contributed by atoms with Crippen molar-refractivity contribution in [3.05, 3.63) is 88.5 Å². The summed E-state index contributed by atoms with van der Waals surface area (Å²) in [7, 11) is 0. The first-order chi connectivity index (χ1) is 18.1. The molecule has 37 heavy (non-hydrogen) atoms. The Labute approximate surface area is 215 Å². The highest BCUT2D eigenvalue weighted by atomic mass is 16.6. The van der Waals surface area contributed by atoms with Crippen LogP contribution in [-0.4, -0.2) is 24.6 Å². The van der Waals surface area contributed by atoms with Gasteiger partial charge in [-0.3, -0.25) is 10.1 Å². The Balaban J connectivity index is 1.51. The number of aryl methyl sites for hydroxylation is 1. The standard InChI is InChI=1S/C29H29N5O3/c1-3-33(4-2)24-14-15-25-20(17-24)7-5-9-28(25)37-29-19-26-21(8-6-16-30-26)18-27(29)32-31-22-10-12-23(13-11-22)34(35)36/h5,7,9-15,17-19,30H,3-4,6,8,16H2,1-2H3/b32-31+. The number of rotatable bonds is 8. The molecular weight excluding hydrogens is 466 g/mol. The number of azo groups is 1. The number of hydrogen-bond donors (Lipinski definition) is 1. The molecule has 4 aromatic carbocycles. The van der Waals surface area contributed by atoms with Crippen molar-refractivity contribution < 1.29 is 9.66 Å². The quantitative estimate of drug-likeness (QED) is 0.151. The minimum atomic E-state index is -0.432. The fourth-order valence-electron chi connectivity index (χ4n) is 4.63. The summed E-state index contributed by atoms with van der Waals surface area (Å²) in [6.45, 7) is 7.12. The van der Waals surface area contributed by atoms with E-state index >= 15 is 0 Å². The van der Waals surface area contributed by atoms with E-state index in [1.54, 1.807) is 12.1 Å². The summed E-state index contributed by atoms with van der Waals surface area (Å²) >= 11 is 0. The van der Waals surface area contributed by atoms with Crippen LogP contribution >= 0.6 is 0 Å². The second-order valence-corrected chi connectivity index (χ2v) is 8.92. The third-order valence-corrected chi connectivity index (χ3v) is 6.63. The molecule has 0 aliphatic carbocycles. The first kappa shape index (κ1) is 24.2. The molecule has 1 aliphatic rings. The van der Waals surface area contributed by atoms with Gasteiger partial charge in [0.25, 0.3) is 5.69 Å². The molecule has 1 aliphatic heterocycles. The molecule has 8 nitrogen and oxygen atoms in total. The Morgan fingerprint density at radius 2 is 1.78 bits per heavy atom. The zero-order valence-corrected chi connectivity index (χ0v) is 21.0. The minimum Gasteiger partial charge on any atom is -0.454 e. The van der Waals surface area contributed by atoms with Crippen LogP contribution < -0.4 is 15.0 Å². The summed E-state index contributed by atoms with van der Waals surface area (Å²) in [5, 5.41) is 25.4. The maximum absolute atomic E-state index is 10.9. The molecular formula is C29H29N5O3. The van der Waals surface area contributed by atoms with Crippen molar-refractivity contribution in [2.75, 3.05) is 29.9 Å². The van der Waals surface area contributed by atoms with E-state index in [2.05, 4.69) is 58.6 Å². The van der Waals surface area contributed by atoms with E-state index < -0.39 is 4.92 Å². The monoisotopic (exact) mass is 495 g/mol. The molecule has 0 spiro atoms. The molecule has 0 radical (unpaired) electrons. The molecule has 0 bridgehead atoms. The number of nitrogens with zero attached hydrogens (tertiary/aromatic N) is 4. The minimum absolute atomic E-state index is 0.0166. The number of nitro benzene ring substituents is 1. The predicted molar refractivity (Wildman–Crippen MR) is 148 cm³/mol. The second-order valence-electron chi connectivity index (χ2n) is 8.92. The molecule has 0 amide bonds. The summed E-state index contributed by atoms with van der Waals surface area (Å²) < 4.78 is 6.48. The van der Waals surface area contributed by atoms with Gasteiger partial charge in [0.15, 0.2) is 5.75 Å². The molecule has 5 rings (SSSR count). The summed E-state index contributed by atoms with van der Waals surface area (Å²) in [6, 6.07) is 22.5. The Morgan fingerprint density at radius 3 is 2.54 bits per heavy atom. The Hall–Kier alpha value is -4.46. The van der Waals surface area contributed by atoms with Gasteiger partial charge in [-0.05, 0) is 80.1 Å². The van der Waals surface area contributed by atoms with Crippen molar-refractivity contribution >= 4 is 39.2 Å². The smallest absolute Gasteiger partial charge is 0.269 e. The van der Waals surface area contributed by atoms with Gasteiger partial charge in [0.2, 0.25) is 0 Å². The van der Waals surface area contributed by atoms with Crippen LogP contribution in [0, 0.1) is 10.1 Å². The van der Waals surface area contributed by atoms with Crippen LogP contribution in [0.25, 0.3) is 10.8 Å². The van der Waals surface area contributed by atoms with Crippen LogP contribution in [0.4, 0.5) is 28.4 Å². The van der Waals surface area contributed by atoms with Gasteiger partial charge in [0, 0.05) is 54.6 Å². The number of anilines is 2. The van der Waals surface area contributed by atoms with Crippen molar-refractivity contribution in [2.45, 2.75) is 26.7 Å². The molecule has 4 aromatic rings. The van der Waals surface area contributed by atoms with Crippen LogP contribution in [0.2, 0.25) is 0 Å². The number of benzene rings is 4. The molecule has 0 fully saturated rings. The largest absolute Gasteiger partial charge is 0.454 e. The number of nitro groups is 1. The van der Waals surface area contributed by atoms with Crippen molar-refractivity contribution in [3.63, 3.8) is 0 Å². The number of ether oxygens (including phenoxy) is 1. The van der Waals surface area contributed by atoms with Gasteiger partial charge in [-0.2, -0.15) is 5.11 Å². The SMILES string of the molecule is CCN(CC)c1ccc2c(Oc3cc4c(cc3/N=N/c3ccc([N+](=O)[O-])cc3)CCCN4)cccc2c1. The summed E-state index contributed by atoms with van der Waals surface area (Å²) in [6.07, 6.45) is 2.00. The average molecular weight is 496 g/mol. The lowest BCUT2D eigenvalue weighted by atomic mass is 10.0. The van der Waals surface area contributed by atoms with Crippen molar-refractivity contribution in [1.29, 1.82) is 0 Å². The second kappa shape index (κ2) is 10.7. The molecule has 188 valence electrons. The number of nitrogens with one attached hydrogen (secondary N) is 1. The lowest BCUT2D eigenvalue weighted by Gasteiger charge is -2.22. The van der Waals surface area contributed by atoms with Crippen molar-refractivity contribution in [2.24, 2.45) is 10.2 Å². The highest BCUT2D eigenvalue weighted by Gasteiger charge is 2.16. The number of fused-ring (bicyclic) bond motifs is 2.